The van der Waals surface area contributed by atoms with Crippen molar-refractivity contribution in [3.05, 3.63) is 35.4 Å². The molecule has 1 aromatic carbocycles. The van der Waals surface area contributed by atoms with Crippen LogP contribution in [-0.2, 0) is 6.18 Å². The first kappa shape index (κ1) is 14.7. The molecule has 20 heavy (non-hydrogen) atoms. The lowest BCUT2D eigenvalue weighted by Gasteiger charge is -2.15. The van der Waals surface area contributed by atoms with E-state index in [4.69, 9.17) is 0 Å². The topological polar surface area (TPSA) is 36.4 Å². The van der Waals surface area contributed by atoms with Crippen molar-refractivity contribution >= 4 is 5.96 Å². The molecule has 2 unspecified atom stereocenters. The SMILES string of the molecule is CC1CN=C(NCC(C)c2ccc(C(F)(F)F)cc2)N1. The first-order valence-electron chi connectivity index (χ1n) is 6.58. The third-order valence-corrected chi connectivity index (χ3v) is 3.29. The van der Waals surface area contributed by atoms with Gasteiger partial charge in [-0.05, 0) is 30.5 Å². The largest absolute Gasteiger partial charge is 0.416 e. The molecule has 2 rings (SSSR count). The van der Waals surface area contributed by atoms with Crippen LogP contribution in [0.15, 0.2) is 29.3 Å². The fourth-order valence-electron chi connectivity index (χ4n) is 2.03. The summed E-state index contributed by atoms with van der Waals surface area (Å²) < 4.78 is 37.4. The Morgan fingerprint density at radius 2 is 2.00 bits per heavy atom. The van der Waals surface area contributed by atoms with E-state index in [0.717, 1.165) is 30.2 Å². The van der Waals surface area contributed by atoms with E-state index >= 15 is 0 Å². The Labute approximate surface area is 116 Å². The van der Waals surface area contributed by atoms with Crippen LogP contribution in [-0.4, -0.2) is 25.1 Å². The number of aliphatic imine (C=N–C) groups is 1. The van der Waals surface area contributed by atoms with E-state index in [1.165, 1.54) is 12.1 Å². The second-order valence-electron chi connectivity index (χ2n) is 5.14. The quantitative estimate of drug-likeness (QED) is 0.896. The molecule has 0 spiro atoms. The maximum absolute atomic E-state index is 12.5. The van der Waals surface area contributed by atoms with Gasteiger partial charge in [0, 0.05) is 12.6 Å². The fraction of sp³-hybridized carbons (Fsp3) is 0.500. The zero-order valence-corrected chi connectivity index (χ0v) is 11.5. The molecule has 0 aromatic heterocycles. The summed E-state index contributed by atoms with van der Waals surface area (Å²) in [5.74, 6) is 0.869. The average Bonchev–Trinajstić information content (AvgIpc) is 2.81. The van der Waals surface area contributed by atoms with Gasteiger partial charge in [-0.15, -0.1) is 0 Å². The lowest BCUT2D eigenvalue weighted by atomic mass is 10.00. The van der Waals surface area contributed by atoms with E-state index in [2.05, 4.69) is 15.6 Å². The normalized spacial score (nSPS) is 20.2. The molecular formula is C14H18F3N3. The summed E-state index contributed by atoms with van der Waals surface area (Å²) in [6, 6.07) is 5.64. The van der Waals surface area contributed by atoms with E-state index in [9.17, 15) is 13.2 Å². The highest BCUT2D eigenvalue weighted by Crippen LogP contribution is 2.30. The van der Waals surface area contributed by atoms with Crippen molar-refractivity contribution in [2.75, 3.05) is 13.1 Å². The highest BCUT2D eigenvalue weighted by Gasteiger charge is 2.30. The molecule has 2 N–H and O–H groups in total. The van der Waals surface area contributed by atoms with Crippen LogP contribution >= 0.6 is 0 Å². The number of halogens is 3. The summed E-state index contributed by atoms with van der Waals surface area (Å²) in [5.41, 5.74) is 0.259. The number of benzene rings is 1. The molecule has 2 atom stereocenters. The minimum absolute atomic E-state index is 0.109. The molecule has 0 bridgehead atoms. The van der Waals surface area contributed by atoms with Gasteiger partial charge in [-0.1, -0.05) is 19.1 Å². The molecule has 0 aliphatic carbocycles. The second-order valence-corrected chi connectivity index (χ2v) is 5.14. The van der Waals surface area contributed by atoms with Gasteiger partial charge in [0.25, 0.3) is 0 Å². The first-order valence-corrected chi connectivity index (χ1v) is 6.58. The summed E-state index contributed by atoms with van der Waals surface area (Å²) in [6.45, 7) is 5.38. The van der Waals surface area contributed by atoms with Crippen molar-refractivity contribution in [3.63, 3.8) is 0 Å². The van der Waals surface area contributed by atoms with Crippen LogP contribution in [0.2, 0.25) is 0 Å². The fourth-order valence-corrected chi connectivity index (χ4v) is 2.03. The number of nitrogens with zero attached hydrogens (tertiary/aromatic N) is 1. The van der Waals surface area contributed by atoms with E-state index in [1.54, 1.807) is 0 Å². The number of guanidine groups is 1. The number of hydrogen-bond donors (Lipinski definition) is 2. The average molecular weight is 285 g/mol. The van der Waals surface area contributed by atoms with Gasteiger partial charge >= 0.3 is 6.18 Å². The minimum Gasteiger partial charge on any atom is -0.356 e. The Bertz CT molecular complexity index is 479. The Morgan fingerprint density at radius 1 is 1.35 bits per heavy atom. The van der Waals surface area contributed by atoms with E-state index in [-0.39, 0.29) is 5.92 Å². The highest BCUT2D eigenvalue weighted by molar-refractivity contribution is 5.81. The van der Waals surface area contributed by atoms with Crippen molar-refractivity contribution in [3.8, 4) is 0 Å². The monoisotopic (exact) mass is 285 g/mol. The van der Waals surface area contributed by atoms with Crippen LogP contribution in [0.3, 0.4) is 0 Å². The van der Waals surface area contributed by atoms with Gasteiger partial charge in [-0.3, -0.25) is 4.99 Å². The van der Waals surface area contributed by atoms with Gasteiger partial charge in [0.05, 0.1) is 12.1 Å². The van der Waals surface area contributed by atoms with Gasteiger partial charge in [0.2, 0.25) is 0 Å². The van der Waals surface area contributed by atoms with Crippen LogP contribution in [0.5, 0.6) is 0 Å². The van der Waals surface area contributed by atoms with Gasteiger partial charge in [-0.2, -0.15) is 13.2 Å². The smallest absolute Gasteiger partial charge is 0.356 e. The lowest BCUT2D eigenvalue weighted by molar-refractivity contribution is -0.137. The Balaban J connectivity index is 1.91. The maximum atomic E-state index is 12.5. The molecule has 1 aromatic rings. The van der Waals surface area contributed by atoms with Crippen molar-refractivity contribution < 1.29 is 13.2 Å². The van der Waals surface area contributed by atoms with Gasteiger partial charge in [0.1, 0.15) is 0 Å². The Hall–Kier alpha value is -1.72. The van der Waals surface area contributed by atoms with E-state index in [1.807, 2.05) is 13.8 Å². The van der Waals surface area contributed by atoms with Gasteiger partial charge in [0.15, 0.2) is 5.96 Å². The summed E-state index contributed by atoms with van der Waals surface area (Å²) in [6.07, 6.45) is -4.28. The molecule has 0 amide bonds. The summed E-state index contributed by atoms with van der Waals surface area (Å²) in [7, 11) is 0. The minimum atomic E-state index is -4.28. The summed E-state index contributed by atoms with van der Waals surface area (Å²) in [5, 5.41) is 6.35. The zero-order valence-electron chi connectivity index (χ0n) is 11.5. The predicted octanol–water partition coefficient (Wildman–Crippen LogP) is 2.75. The highest BCUT2D eigenvalue weighted by atomic mass is 19.4. The molecule has 1 heterocycles. The Kier molecular flexibility index (Phi) is 4.20. The third-order valence-electron chi connectivity index (χ3n) is 3.29. The predicted molar refractivity (Wildman–Crippen MR) is 72.8 cm³/mol. The molecule has 0 fully saturated rings. The van der Waals surface area contributed by atoms with Crippen LogP contribution in [0.4, 0.5) is 13.2 Å². The molecule has 0 saturated heterocycles. The first-order chi connectivity index (χ1) is 9.36. The number of hydrogen-bond acceptors (Lipinski definition) is 3. The van der Waals surface area contributed by atoms with Crippen LogP contribution in [0.25, 0.3) is 0 Å². The third kappa shape index (κ3) is 3.65. The zero-order chi connectivity index (χ0) is 14.8. The molecule has 0 saturated carbocycles. The van der Waals surface area contributed by atoms with E-state index in [0.29, 0.717) is 12.6 Å². The van der Waals surface area contributed by atoms with Crippen LogP contribution in [0, 0.1) is 0 Å². The molecule has 3 nitrogen and oxygen atoms in total. The van der Waals surface area contributed by atoms with Crippen LogP contribution in [0.1, 0.15) is 30.9 Å². The molecular weight excluding hydrogens is 267 g/mol. The standard InChI is InChI=1S/C14H18F3N3/c1-9(7-18-13-19-8-10(2)20-13)11-3-5-12(6-4-11)14(15,16)17/h3-6,9-10H,7-8H2,1-2H3,(H2,18,19,20). The van der Waals surface area contributed by atoms with Gasteiger partial charge < -0.3 is 10.6 Å². The molecule has 1 aliphatic heterocycles. The van der Waals surface area contributed by atoms with E-state index < -0.39 is 11.7 Å². The van der Waals surface area contributed by atoms with Crippen molar-refractivity contribution in [2.24, 2.45) is 4.99 Å². The second kappa shape index (κ2) is 5.73. The molecule has 6 heteroatoms. The van der Waals surface area contributed by atoms with Crippen molar-refractivity contribution in [1.29, 1.82) is 0 Å². The molecule has 1 aliphatic rings. The van der Waals surface area contributed by atoms with Crippen molar-refractivity contribution in [2.45, 2.75) is 32.0 Å². The van der Waals surface area contributed by atoms with Crippen molar-refractivity contribution in [1.82, 2.24) is 10.6 Å². The summed E-state index contributed by atoms with van der Waals surface area (Å²) >= 11 is 0. The van der Waals surface area contributed by atoms with Gasteiger partial charge in [-0.25, -0.2) is 0 Å². The summed E-state index contributed by atoms with van der Waals surface area (Å²) in [4.78, 5) is 4.27. The molecule has 110 valence electrons. The number of alkyl halides is 3. The van der Waals surface area contributed by atoms with Crippen LogP contribution < -0.4 is 10.6 Å². The Morgan fingerprint density at radius 3 is 2.50 bits per heavy atom. The molecule has 0 radical (unpaired) electrons. The maximum Gasteiger partial charge on any atom is 0.416 e. The number of nitrogens with one attached hydrogen (secondary N) is 2. The number of rotatable bonds is 3. The lowest BCUT2D eigenvalue weighted by Crippen LogP contribution is -2.39.